The van der Waals surface area contributed by atoms with Gasteiger partial charge in [0.05, 0.1) is 31.3 Å². The van der Waals surface area contributed by atoms with Gasteiger partial charge in [-0.25, -0.2) is 14.8 Å². The molecule has 0 unspecified atom stereocenters. The van der Waals surface area contributed by atoms with Crippen LogP contribution >= 0.6 is 11.3 Å². The Hall–Kier alpha value is -3.20. The number of thiophene rings is 1. The molecular formula is C23H25N5O3S. The predicted molar refractivity (Wildman–Crippen MR) is 125 cm³/mol. The maximum absolute atomic E-state index is 12.6. The maximum Gasteiger partial charge on any atom is 0.410 e. The van der Waals surface area contributed by atoms with Crippen molar-refractivity contribution in [2.24, 2.45) is 4.99 Å². The summed E-state index contributed by atoms with van der Waals surface area (Å²) in [4.78, 5) is 29.7. The van der Waals surface area contributed by atoms with E-state index < -0.39 is 5.60 Å². The number of carbonyl (C=O) groups excluding carboxylic acids is 1. The first-order valence-electron chi connectivity index (χ1n) is 10.5. The highest BCUT2D eigenvalue weighted by Crippen LogP contribution is 2.40. The zero-order valence-corrected chi connectivity index (χ0v) is 19.4. The molecule has 0 fully saturated rings. The molecule has 0 saturated carbocycles. The molecule has 5 rings (SSSR count). The maximum atomic E-state index is 12.6. The van der Waals surface area contributed by atoms with Crippen molar-refractivity contribution in [3.63, 3.8) is 0 Å². The Balaban J connectivity index is 1.48. The average Bonchev–Trinajstić information content (AvgIpc) is 3.35. The van der Waals surface area contributed by atoms with Crippen LogP contribution in [0.2, 0.25) is 0 Å². The minimum Gasteiger partial charge on any atom is -0.495 e. The Morgan fingerprint density at radius 3 is 2.88 bits per heavy atom. The molecule has 0 saturated heterocycles. The molecule has 2 aliphatic heterocycles. The molecule has 0 spiro atoms. The van der Waals surface area contributed by atoms with Gasteiger partial charge in [-0.3, -0.25) is 4.99 Å². The van der Waals surface area contributed by atoms with Crippen LogP contribution < -0.4 is 10.1 Å². The van der Waals surface area contributed by atoms with Gasteiger partial charge < -0.3 is 19.7 Å². The molecule has 8 nitrogen and oxygen atoms in total. The van der Waals surface area contributed by atoms with E-state index in [2.05, 4.69) is 20.3 Å². The molecule has 1 aromatic carbocycles. The van der Waals surface area contributed by atoms with Crippen LogP contribution in [0.1, 0.15) is 42.3 Å². The molecule has 1 N–H and O–H groups in total. The van der Waals surface area contributed by atoms with Crippen LogP contribution in [0.15, 0.2) is 23.5 Å². The lowest BCUT2D eigenvalue weighted by Gasteiger charge is -2.30. The zero-order valence-electron chi connectivity index (χ0n) is 18.6. The van der Waals surface area contributed by atoms with Gasteiger partial charge in [-0.15, -0.1) is 11.3 Å². The summed E-state index contributed by atoms with van der Waals surface area (Å²) in [6.45, 7) is 7.44. The lowest BCUT2D eigenvalue weighted by Crippen LogP contribution is -2.39. The van der Waals surface area contributed by atoms with Crippen molar-refractivity contribution in [2.45, 2.75) is 45.9 Å². The third-order valence-electron chi connectivity index (χ3n) is 5.50. The van der Waals surface area contributed by atoms with E-state index in [1.54, 1.807) is 29.7 Å². The summed E-state index contributed by atoms with van der Waals surface area (Å²) in [5.74, 6) is 1.49. The minimum atomic E-state index is -0.514. The van der Waals surface area contributed by atoms with Gasteiger partial charge in [0.25, 0.3) is 0 Å². The van der Waals surface area contributed by atoms with Crippen molar-refractivity contribution < 1.29 is 14.3 Å². The number of amides is 1. The molecule has 2 aromatic heterocycles. The van der Waals surface area contributed by atoms with Crippen LogP contribution in [0.25, 0.3) is 10.2 Å². The molecule has 9 heteroatoms. The number of aromatic nitrogens is 2. The molecule has 2 aliphatic rings. The highest BCUT2D eigenvalue weighted by atomic mass is 32.1. The van der Waals surface area contributed by atoms with E-state index in [1.165, 1.54) is 5.56 Å². The van der Waals surface area contributed by atoms with Gasteiger partial charge in [0.2, 0.25) is 0 Å². The average molecular weight is 452 g/mol. The Bertz CT molecular complexity index is 1240. The molecule has 32 heavy (non-hydrogen) atoms. The van der Waals surface area contributed by atoms with Crippen molar-refractivity contribution in [3.8, 4) is 5.75 Å². The van der Waals surface area contributed by atoms with Crippen LogP contribution in [0.3, 0.4) is 0 Å². The standard InChI is InChI=1S/C23H25N5O3S/c1-23(2,3)31-22(29)28-6-5-15-18(11-28)32-21-19(15)20(25-12-26-21)27-16-7-13-9-24-10-14(13)8-17(16)30-4/h7-9,12H,5-6,10-11H2,1-4H3,(H,25,26,27). The van der Waals surface area contributed by atoms with E-state index in [4.69, 9.17) is 9.47 Å². The van der Waals surface area contributed by atoms with Gasteiger partial charge >= 0.3 is 6.09 Å². The molecule has 1 amide bonds. The van der Waals surface area contributed by atoms with Crippen LogP contribution in [0, 0.1) is 0 Å². The van der Waals surface area contributed by atoms with E-state index in [1.807, 2.05) is 39.1 Å². The van der Waals surface area contributed by atoms with Crippen LogP contribution in [-0.2, 0) is 24.2 Å². The smallest absolute Gasteiger partial charge is 0.410 e. The van der Waals surface area contributed by atoms with Gasteiger partial charge in [0.15, 0.2) is 0 Å². The molecule has 3 aromatic rings. The van der Waals surface area contributed by atoms with Gasteiger partial charge in [-0.05, 0) is 56.0 Å². The van der Waals surface area contributed by atoms with Gasteiger partial charge in [0, 0.05) is 17.6 Å². The first kappa shape index (κ1) is 20.7. The van der Waals surface area contributed by atoms with E-state index in [-0.39, 0.29) is 6.09 Å². The number of benzene rings is 1. The number of nitrogens with one attached hydrogen (secondary N) is 1. The fraction of sp³-hybridized carbons (Fsp3) is 0.391. The Morgan fingerprint density at radius 2 is 2.09 bits per heavy atom. The molecule has 0 atom stereocenters. The van der Waals surface area contributed by atoms with Crippen molar-refractivity contribution >= 4 is 45.4 Å². The van der Waals surface area contributed by atoms with Gasteiger partial charge in [-0.1, -0.05) is 0 Å². The van der Waals surface area contributed by atoms with E-state index in [9.17, 15) is 4.79 Å². The number of hydrogen-bond donors (Lipinski definition) is 1. The topological polar surface area (TPSA) is 88.9 Å². The number of methoxy groups -OCH3 is 1. The van der Waals surface area contributed by atoms with E-state index >= 15 is 0 Å². The number of anilines is 2. The molecular weight excluding hydrogens is 426 g/mol. The summed E-state index contributed by atoms with van der Waals surface area (Å²) >= 11 is 1.60. The highest BCUT2D eigenvalue weighted by molar-refractivity contribution is 7.19. The summed E-state index contributed by atoms with van der Waals surface area (Å²) < 4.78 is 11.2. The molecule has 4 heterocycles. The normalized spacial score (nSPS) is 14.9. The number of hydrogen-bond acceptors (Lipinski definition) is 8. The second kappa shape index (κ2) is 7.74. The first-order valence-corrected chi connectivity index (χ1v) is 11.3. The van der Waals surface area contributed by atoms with Crippen molar-refractivity contribution in [1.29, 1.82) is 0 Å². The summed E-state index contributed by atoms with van der Waals surface area (Å²) in [7, 11) is 1.66. The summed E-state index contributed by atoms with van der Waals surface area (Å²) in [6, 6.07) is 4.06. The predicted octanol–water partition coefficient (Wildman–Crippen LogP) is 4.67. The number of carbonyl (C=O) groups is 1. The van der Waals surface area contributed by atoms with Gasteiger partial charge in [-0.2, -0.15) is 0 Å². The number of fused-ring (bicyclic) bond motifs is 4. The molecule has 0 bridgehead atoms. The summed E-state index contributed by atoms with van der Waals surface area (Å²) in [5.41, 5.74) is 3.74. The molecule has 166 valence electrons. The van der Waals surface area contributed by atoms with E-state index in [0.717, 1.165) is 49.9 Å². The highest BCUT2D eigenvalue weighted by Gasteiger charge is 2.29. The number of nitrogens with zero attached hydrogens (tertiary/aromatic N) is 4. The number of ether oxygens (including phenoxy) is 2. The third-order valence-corrected chi connectivity index (χ3v) is 6.62. The SMILES string of the molecule is COc1cc2c(cc1Nc1ncnc3sc4c(c13)CCN(C(=O)OC(C)(C)C)C4)C=NC2. The Kier molecular flexibility index (Phi) is 5.00. The monoisotopic (exact) mass is 451 g/mol. The lowest BCUT2D eigenvalue weighted by molar-refractivity contribution is 0.0227. The molecule has 0 aliphatic carbocycles. The van der Waals surface area contributed by atoms with Gasteiger partial charge in [0.1, 0.15) is 28.3 Å². The van der Waals surface area contributed by atoms with E-state index in [0.29, 0.717) is 19.6 Å². The number of aliphatic imine (C=N–C) groups is 1. The van der Waals surface area contributed by atoms with Crippen LogP contribution in [0.5, 0.6) is 5.75 Å². The second-order valence-electron chi connectivity index (χ2n) is 8.90. The Morgan fingerprint density at radius 1 is 1.25 bits per heavy atom. The van der Waals surface area contributed by atoms with Crippen LogP contribution in [-0.4, -0.2) is 46.4 Å². The lowest BCUT2D eigenvalue weighted by atomic mass is 10.0. The zero-order chi connectivity index (χ0) is 22.5. The first-order chi connectivity index (χ1) is 15.3. The van der Waals surface area contributed by atoms with Crippen molar-refractivity contribution in [2.75, 3.05) is 19.0 Å². The number of rotatable bonds is 3. The summed E-state index contributed by atoms with van der Waals surface area (Å²) in [5, 5.41) is 4.47. The third kappa shape index (κ3) is 3.77. The largest absolute Gasteiger partial charge is 0.495 e. The fourth-order valence-corrected chi connectivity index (χ4v) is 5.24. The van der Waals surface area contributed by atoms with Crippen molar-refractivity contribution in [1.82, 2.24) is 14.9 Å². The summed E-state index contributed by atoms with van der Waals surface area (Å²) in [6.07, 6.45) is 3.90. The Labute approximate surface area is 190 Å². The van der Waals surface area contributed by atoms with Crippen LogP contribution in [0.4, 0.5) is 16.3 Å². The molecule has 0 radical (unpaired) electrons. The quantitative estimate of drug-likeness (QED) is 0.623. The second-order valence-corrected chi connectivity index (χ2v) is 9.99. The van der Waals surface area contributed by atoms with Crippen molar-refractivity contribution in [3.05, 3.63) is 40.0 Å². The minimum absolute atomic E-state index is 0.283. The fourth-order valence-electron chi connectivity index (χ4n) is 4.04.